The van der Waals surface area contributed by atoms with Gasteiger partial charge in [-0.25, -0.2) is 0 Å². The van der Waals surface area contributed by atoms with Crippen LogP contribution in [0.2, 0.25) is 0 Å². The van der Waals surface area contributed by atoms with E-state index in [1.54, 1.807) is 19.1 Å². The molecular weight excluding hydrogens is 233 g/mol. The van der Waals surface area contributed by atoms with Crippen LogP contribution in [0.5, 0.6) is 0 Å². The topological polar surface area (TPSA) is 46.3 Å². The van der Waals surface area contributed by atoms with Gasteiger partial charge in [0, 0.05) is 12.6 Å². The molecule has 0 aromatic carbocycles. The number of carbonyl (C=O) groups excluding carboxylic acids is 1. The predicted octanol–water partition coefficient (Wildman–Crippen LogP) is 1.69. The first-order valence-electron chi connectivity index (χ1n) is 5.63. The van der Waals surface area contributed by atoms with Crippen LogP contribution < -0.4 is 5.73 Å². The van der Waals surface area contributed by atoms with Crippen LogP contribution in [0.25, 0.3) is 0 Å². The maximum absolute atomic E-state index is 12.3. The lowest BCUT2D eigenvalue weighted by Gasteiger charge is -2.25. The van der Waals surface area contributed by atoms with E-state index in [4.69, 9.17) is 5.73 Å². The standard InChI is InChI=1S/C11H17F3N2O/c1-2-5-16(7-11(12,13)14)10(17)8-3-4-9(15)6-8/h3-4,8-9H,2,5-7,15H2,1H3. The van der Waals surface area contributed by atoms with Crippen LogP contribution in [0, 0.1) is 5.92 Å². The van der Waals surface area contributed by atoms with Crippen molar-refractivity contribution in [2.45, 2.75) is 32.0 Å². The van der Waals surface area contributed by atoms with E-state index < -0.39 is 24.5 Å². The number of halogens is 3. The first-order chi connectivity index (χ1) is 7.83. The highest BCUT2D eigenvalue weighted by molar-refractivity contribution is 5.81. The smallest absolute Gasteiger partial charge is 0.333 e. The molecule has 0 saturated heterocycles. The Morgan fingerprint density at radius 3 is 2.53 bits per heavy atom. The molecule has 0 aliphatic heterocycles. The van der Waals surface area contributed by atoms with Crippen LogP contribution in [0.15, 0.2) is 12.2 Å². The fourth-order valence-electron chi connectivity index (χ4n) is 1.90. The van der Waals surface area contributed by atoms with Crippen molar-refractivity contribution in [2.24, 2.45) is 11.7 Å². The first kappa shape index (κ1) is 14.0. The minimum atomic E-state index is -4.35. The van der Waals surface area contributed by atoms with Gasteiger partial charge in [-0.05, 0) is 12.8 Å². The van der Waals surface area contributed by atoms with Crippen molar-refractivity contribution < 1.29 is 18.0 Å². The first-order valence-corrected chi connectivity index (χ1v) is 5.63. The maximum Gasteiger partial charge on any atom is 0.406 e. The summed E-state index contributed by atoms with van der Waals surface area (Å²) in [4.78, 5) is 12.7. The Balaban J connectivity index is 2.64. The Hall–Kier alpha value is -1.04. The number of amides is 1. The lowest BCUT2D eigenvalue weighted by atomic mass is 10.1. The second kappa shape index (κ2) is 5.53. The Kier molecular flexibility index (Phi) is 4.56. The van der Waals surface area contributed by atoms with Crippen LogP contribution in [0.4, 0.5) is 13.2 Å². The lowest BCUT2D eigenvalue weighted by molar-refractivity contribution is -0.162. The summed E-state index contributed by atoms with van der Waals surface area (Å²) in [5, 5.41) is 0. The molecule has 1 aliphatic rings. The van der Waals surface area contributed by atoms with Crippen LogP contribution in [0.3, 0.4) is 0 Å². The third kappa shape index (κ3) is 4.38. The highest BCUT2D eigenvalue weighted by atomic mass is 19.4. The van der Waals surface area contributed by atoms with Gasteiger partial charge in [-0.2, -0.15) is 13.2 Å². The van der Waals surface area contributed by atoms with Crippen molar-refractivity contribution >= 4 is 5.91 Å². The van der Waals surface area contributed by atoms with Crippen LogP contribution in [0.1, 0.15) is 19.8 Å². The van der Waals surface area contributed by atoms with Gasteiger partial charge in [0.2, 0.25) is 5.91 Å². The molecule has 17 heavy (non-hydrogen) atoms. The Morgan fingerprint density at radius 2 is 2.12 bits per heavy atom. The van der Waals surface area contributed by atoms with Crippen molar-refractivity contribution in [3.8, 4) is 0 Å². The fraction of sp³-hybridized carbons (Fsp3) is 0.727. The molecule has 2 atom stereocenters. The summed E-state index contributed by atoms with van der Waals surface area (Å²) < 4.78 is 36.9. The number of hydrogen-bond donors (Lipinski definition) is 1. The van der Waals surface area contributed by atoms with Gasteiger partial charge in [-0.15, -0.1) is 0 Å². The quantitative estimate of drug-likeness (QED) is 0.772. The van der Waals surface area contributed by atoms with E-state index in [1.165, 1.54) is 0 Å². The fourth-order valence-corrected chi connectivity index (χ4v) is 1.90. The lowest BCUT2D eigenvalue weighted by Crippen LogP contribution is -2.42. The van der Waals surface area contributed by atoms with Crippen molar-refractivity contribution in [1.82, 2.24) is 4.90 Å². The average Bonchev–Trinajstić information content (AvgIpc) is 2.61. The van der Waals surface area contributed by atoms with E-state index in [1.807, 2.05) is 0 Å². The van der Waals surface area contributed by atoms with Crippen molar-refractivity contribution in [3.63, 3.8) is 0 Å². The highest BCUT2D eigenvalue weighted by Crippen LogP contribution is 2.22. The summed E-state index contributed by atoms with van der Waals surface area (Å²) in [6, 6.07) is -0.224. The largest absolute Gasteiger partial charge is 0.406 e. The van der Waals surface area contributed by atoms with E-state index in [9.17, 15) is 18.0 Å². The van der Waals surface area contributed by atoms with Crippen LogP contribution in [-0.4, -0.2) is 36.1 Å². The van der Waals surface area contributed by atoms with Gasteiger partial charge in [0.1, 0.15) is 6.54 Å². The van der Waals surface area contributed by atoms with Gasteiger partial charge in [0.15, 0.2) is 0 Å². The zero-order valence-electron chi connectivity index (χ0n) is 9.70. The third-order valence-corrected chi connectivity index (χ3v) is 2.61. The summed E-state index contributed by atoms with van der Waals surface area (Å²) in [5.41, 5.74) is 5.58. The summed E-state index contributed by atoms with van der Waals surface area (Å²) in [5.74, 6) is -0.979. The molecule has 0 aromatic rings. The van der Waals surface area contributed by atoms with Gasteiger partial charge < -0.3 is 10.6 Å². The van der Waals surface area contributed by atoms with E-state index in [0.717, 1.165) is 4.90 Å². The monoisotopic (exact) mass is 250 g/mol. The molecule has 0 spiro atoms. The second-order valence-corrected chi connectivity index (χ2v) is 4.27. The Bertz CT molecular complexity index is 302. The zero-order chi connectivity index (χ0) is 13.1. The summed E-state index contributed by atoms with van der Waals surface area (Å²) >= 11 is 0. The maximum atomic E-state index is 12.3. The average molecular weight is 250 g/mol. The predicted molar refractivity (Wildman–Crippen MR) is 58.1 cm³/mol. The summed E-state index contributed by atoms with van der Waals surface area (Å²) in [6.07, 6.45) is -0.178. The molecule has 0 saturated carbocycles. The summed E-state index contributed by atoms with van der Waals surface area (Å²) in [6.45, 7) is 0.685. The molecule has 0 heterocycles. The zero-order valence-corrected chi connectivity index (χ0v) is 9.70. The molecule has 6 heteroatoms. The van der Waals surface area contributed by atoms with Gasteiger partial charge in [0.05, 0.1) is 5.92 Å². The van der Waals surface area contributed by atoms with E-state index in [2.05, 4.69) is 0 Å². The van der Waals surface area contributed by atoms with Gasteiger partial charge in [-0.1, -0.05) is 19.1 Å². The molecule has 0 bridgehead atoms. The molecule has 2 unspecified atom stereocenters. The summed E-state index contributed by atoms with van der Waals surface area (Å²) in [7, 11) is 0. The SMILES string of the molecule is CCCN(CC(F)(F)F)C(=O)C1C=CC(N)C1. The molecule has 0 radical (unpaired) electrons. The second-order valence-electron chi connectivity index (χ2n) is 4.27. The number of hydrogen-bond acceptors (Lipinski definition) is 2. The van der Waals surface area contributed by atoms with Gasteiger partial charge >= 0.3 is 6.18 Å². The Morgan fingerprint density at radius 1 is 1.47 bits per heavy atom. The normalized spacial score (nSPS) is 24.1. The minimum absolute atomic E-state index is 0.123. The highest BCUT2D eigenvalue weighted by Gasteiger charge is 2.35. The van der Waals surface area contributed by atoms with Crippen LogP contribution >= 0.6 is 0 Å². The molecule has 0 aromatic heterocycles. The van der Waals surface area contributed by atoms with Gasteiger partial charge in [-0.3, -0.25) is 4.79 Å². The Labute approximate surface area is 98.5 Å². The molecular formula is C11H17F3N2O. The molecule has 98 valence electrons. The molecule has 1 rings (SSSR count). The van der Waals surface area contributed by atoms with E-state index >= 15 is 0 Å². The third-order valence-electron chi connectivity index (χ3n) is 2.61. The van der Waals surface area contributed by atoms with E-state index in [-0.39, 0.29) is 12.6 Å². The number of nitrogens with zero attached hydrogens (tertiary/aromatic N) is 1. The van der Waals surface area contributed by atoms with Crippen molar-refractivity contribution in [3.05, 3.63) is 12.2 Å². The van der Waals surface area contributed by atoms with E-state index in [0.29, 0.717) is 12.8 Å². The van der Waals surface area contributed by atoms with Crippen LogP contribution in [-0.2, 0) is 4.79 Å². The number of alkyl halides is 3. The van der Waals surface area contributed by atoms with Crippen molar-refractivity contribution in [2.75, 3.05) is 13.1 Å². The number of nitrogens with two attached hydrogens (primary N) is 1. The molecule has 1 aliphatic carbocycles. The molecule has 2 N–H and O–H groups in total. The molecule has 1 amide bonds. The van der Waals surface area contributed by atoms with Crippen molar-refractivity contribution in [1.29, 1.82) is 0 Å². The minimum Gasteiger partial charge on any atom is -0.333 e. The van der Waals surface area contributed by atoms with Gasteiger partial charge in [0.25, 0.3) is 0 Å². The molecule has 3 nitrogen and oxygen atoms in total. The molecule has 0 fully saturated rings. The number of rotatable bonds is 4. The number of carbonyl (C=O) groups is 1.